The highest BCUT2D eigenvalue weighted by Crippen LogP contribution is 2.37. The Morgan fingerprint density at radius 3 is 2.38 bits per heavy atom. The van der Waals surface area contributed by atoms with E-state index in [-0.39, 0.29) is 36.3 Å². The number of sulfonamides is 1. The largest absolute Gasteiger partial charge is 0.345 e. The lowest BCUT2D eigenvalue weighted by Gasteiger charge is -2.13. The number of aromatic nitrogens is 1. The lowest BCUT2D eigenvalue weighted by molar-refractivity contribution is 0.0827. The Labute approximate surface area is 206 Å². The maximum atomic E-state index is 14.5. The van der Waals surface area contributed by atoms with Crippen LogP contribution in [0.4, 0.5) is 4.39 Å². The number of nitrogens with two attached hydrogens (primary N) is 1. The summed E-state index contributed by atoms with van der Waals surface area (Å²) >= 11 is 0. The first kappa shape index (κ1) is 27.5. The van der Waals surface area contributed by atoms with Crippen LogP contribution in [0.5, 0.6) is 0 Å². The maximum absolute atomic E-state index is 14.5. The summed E-state index contributed by atoms with van der Waals surface area (Å²) in [5, 5.41) is 0.794. The molecule has 0 atom stereocenters. The van der Waals surface area contributed by atoms with Gasteiger partial charge < -0.3 is 15.2 Å². The second-order valence-corrected chi connectivity index (χ2v) is 10.3. The minimum Gasteiger partial charge on any atom is -0.345 e. The van der Waals surface area contributed by atoms with Gasteiger partial charge in [-0.1, -0.05) is 18.2 Å². The smallest absolute Gasteiger partial charge is 0.253 e. The van der Waals surface area contributed by atoms with Gasteiger partial charge in [-0.25, -0.2) is 17.1 Å². The minimum absolute atomic E-state index is 0. The molecule has 0 spiro atoms. The zero-order valence-electron chi connectivity index (χ0n) is 19.9. The molecule has 3 aromatic rings. The predicted octanol–water partition coefficient (Wildman–Crippen LogP) is 3.80. The van der Waals surface area contributed by atoms with Crippen molar-refractivity contribution in [1.29, 1.82) is 0 Å². The lowest BCUT2D eigenvalue weighted by Crippen LogP contribution is -2.22. The molecule has 1 heterocycles. The van der Waals surface area contributed by atoms with Gasteiger partial charge in [-0.05, 0) is 42.8 Å². The number of carbonyl (C=O) groups excluding carboxylic acids is 1. The van der Waals surface area contributed by atoms with E-state index in [0.29, 0.717) is 16.6 Å². The van der Waals surface area contributed by atoms with Crippen molar-refractivity contribution in [3.8, 4) is 11.1 Å². The van der Waals surface area contributed by atoms with Crippen molar-refractivity contribution in [3.05, 3.63) is 65.6 Å². The van der Waals surface area contributed by atoms with E-state index in [9.17, 15) is 17.6 Å². The molecule has 2 N–H and O–H groups in total. The molecule has 1 amide bonds. The first-order valence-electron chi connectivity index (χ1n) is 10.4. The van der Waals surface area contributed by atoms with Gasteiger partial charge in [-0.2, -0.15) is 0 Å². The number of halogens is 2. The van der Waals surface area contributed by atoms with Crippen molar-refractivity contribution in [2.75, 3.05) is 34.7 Å². The third kappa shape index (κ3) is 5.17. The molecule has 7 nitrogen and oxygen atoms in total. The summed E-state index contributed by atoms with van der Waals surface area (Å²) in [4.78, 5) is 14.2. The lowest BCUT2D eigenvalue weighted by atomic mass is 10.0. The van der Waals surface area contributed by atoms with E-state index in [0.717, 1.165) is 20.9 Å². The van der Waals surface area contributed by atoms with Crippen molar-refractivity contribution in [1.82, 2.24) is 13.8 Å². The molecule has 10 heteroatoms. The molecule has 0 aliphatic heterocycles. The van der Waals surface area contributed by atoms with Crippen LogP contribution in [0.15, 0.2) is 59.3 Å². The Hall–Kier alpha value is -2.72. The molecule has 0 fully saturated rings. The molecule has 3 rings (SSSR count). The molecule has 0 aliphatic rings. The molecule has 0 aliphatic carbocycles. The monoisotopic (exact) mass is 508 g/mol. The number of benzene rings is 2. The van der Waals surface area contributed by atoms with E-state index in [2.05, 4.69) is 0 Å². The molecular weight excluding hydrogens is 479 g/mol. The van der Waals surface area contributed by atoms with Crippen molar-refractivity contribution in [2.24, 2.45) is 5.73 Å². The number of fused-ring (bicyclic) bond motifs is 1. The van der Waals surface area contributed by atoms with Crippen LogP contribution >= 0.6 is 12.4 Å². The molecule has 0 saturated heterocycles. The molecule has 0 radical (unpaired) electrons. The second-order valence-electron chi connectivity index (χ2n) is 8.18. The highest BCUT2D eigenvalue weighted by molar-refractivity contribution is 7.89. The van der Waals surface area contributed by atoms with Crippen LogP contribution in [0, 0.1) is 6.92 Å². The van der Waals surface area contributed by atoms with Crippen LogP contribution in [0.25, 0.3) is 22.0 Å². The Kier molecular flexibility index (Phi) is 8.65. The van der Waals surface area contributed by atoms with Crippen LogP contribution in [0.1, 0.15) is 16.1 Å². The number of rotatable bonds is 7. The molecule has 0 saturated carbocycles. The summed E-state index contributed by atoms with van der Waals surface area (Å²) in [6, 6.07) is 12.0. The Morgan fingerprint density at radius 2 is 1.79 bits per heavy atom. The SMILES string of the molecule is Cc1c(-c2cccc(S(=O)(=O)N(C)C)c2)c2ccc(C(=O)N(C)C)cc2n1CC(F)=CCN.Cl. The number of hydrogen-bond acceptors (Lipinski definition) is 4. The van der Waals surface area contributed by atoms with Crippen molar-refractivity contribution in [2.45, 2.75) is 18.4 Å². The number of nitrogens with zero attached hydrogens (tertiary/aromatic N) is 3. The Bertz CT molecular complexity index is 1350. The third-order valence-corrected chi connectivity index (χ3v) is 7.34. The predicted molar refractivity (Wildman–Crippen MR) is 136 cm³/mol. The van der Waals surface area contributed by atoms with Crippen LogP contribution in [0.2, 0.25) is 0 Å². The fourth-order valence-corrected chi connectivity index (χ4v) is 4.75. The van der Waals surface area contributed by atoms with Crippen LogP contribution in [-0.2, 0) is 16.6 Å². The molecule has 0 bridgehead atoms. The molecule has 184 valence electrons. The zero-order valence-corrected chi connectivity index (χ0v) is 21.5. The standard InChI is InChI=1S/C24H29FN4O3S.ClH/c1-16-23(17-7-6-8-20(13-17)33(31,32)28(4)5)21-10-9-18(24(30)27(2)3)14-22(21)29(16)15-19(25)11-12-26;/h6-11,13-14H,12,15,26H2,1-5H3;1H. The Balaban J connectivity index is 0.00000408. The Morgan fingerprint density at radius 1 is 1.12 bits per heavy atom. The van der Waals surface area contributed by atoms with E-state index in [1.807, 2.05) is 19.1 Å². The molecule has 2 aromatic carbocycles. The van der Waals surface area contributed by atoms with Gasteiger partial charge in [0.2, 0.25) is 10.0 Å². The average molecular weight is 509 g/mol. The normalized spacial score (nSPS) is 12.2. The fourth-order valence-electron chi connectivity index (χ4n) is 3.80. The number of hydrogen-bond donors (Lipinski definition) is 1. The summed E-state index contributed by atoms with van der Waals surface area (Å²) in [5.41, 5.74) is 8.85. The molecular formula is C24H30ClFN4O3S. The fraction of sp³-hybridized carbons (Fsp3) is 0.292. The van der Waals surface area contributed by atoms with Crippen molar-refractivity contribution in [3.63, 3.8) is 0 Å². The maximum Gasteiger partial charge on any atom is 0.253 e. The number of amides is 1. The second kappa shape index (κ2) is 10.7. The van der Waals surface area contributed by atoms with Gasteiger partial charge in [-0.3, -0.25) is 4.79 Å². The van der Waals surface area contributed by atoms with E-state index in [1.165, 1.54) is 25.1 Å². The summed E-state index contributed by atoms with van der Waals surface area (Å²) in [6.45, 7) is 1.88. The van der Waals surface area contributed by atoms with Gasteiger partial charge in [0, 0.05) is 56.9 Å². The van der Waals surface area contributed by atoms with Gasteiger partial charge >= 0.3 is 0 Å². The van der Waals surface area contributed by atoms with Crippen molar-refractivity contribution < 1.29 is 17.6 Å². The highest BCUT2D eigenvalue weighted by atomic mass is 35.5. The minimum atomic E-state index is -3.63. The van der Waals surface area contributed by atoms with Gasteiger partial charge in [-0.15, -0.1) is 12.4 Å². The van der Waals surface area contributed by atoms with Crippen LogP contribution in [-0.4, -0.2) is 62.8 Å². The summed E-state index contributed by atoms with van der Waals surface area (Å²) < 4.78 is 42.8. The van der Waals surface area contributed by atoms with Gasteiger partial charge in [0.05, 0.1) is 17.0 Å². The summed E-state index contributed by atoms with van der Waals surface area (Å²) in [7, 11) is 2.67. The van der Waals surface area contributed by atoms with Crippen LogP contribution < -0.4 is 5.73 Å². The topological polar surface area (TPSA) is 88.6 Å². The number of allylic oxidation sites excluding steroid dienone is 1. The quantitative estimate of drug-likeness (QED) is 0.525. The highest BCUT2D eigenvalue weighted by Gasteiger charge is 2.22. The molecule has 34 heavy (non-hydrogen) atoms. The van der Waals surface area contributed by atoms with Gasteiger partial charge in [0.25, 0.3) is 5.91 Å². The zero-order chi connectivity index (χ0) is 24.5. The number of carbonyl (C=O) groups is 1. The third-order valence-electron chi connectivity index (χ3n) is 5.53. The molecule has 0 unspecified atom stereocenters. The first-order chi connectivity index (χ1) is 15.5. The van der Waals surface area contributed by atoms with E-state index < -0.39 is 15.9 Å². The van der Waals surface area contributed by atoms with E-state index >= 15 is 0 Å². The van der Waals surface area contributed by atoms with Gasteiger partial charge in [0.1, 0.15) is 5.83 Å². The van der Waals surface area contributed by atoms with Crippen molar-refractivity contribution >= 4 is 39.2 Å². The van der Waals surface area contributed by atoms with Crippen LogP contribution in [0.3, 0.4) is 0 Å². The molecule has 1 aromatic heterocycles. The van der Waals surface area contributed by atoms with E-state index in [1.54, 1.807) is 49.0 Å². The first-order valence-corrected chi connectivity index (χ1v) is 11.8. The summed E-state index contributed by atoms with van der Waals surface area (Å²) in [5.74, 6) is -0.557. The average Bonchev–Trinajstić information content (AvgIpc) is 3.03. The summed E-state index contributed by atoms with van der Waals surface area (Å²) in [6.07, 6.45) is 1.31. The van der Waals surface area contributed by atoms with E-state index in [4.69, 9.17) is 5.73 Å². The van der Waals surface area contributed by atoms with Gasteiger partial charge in [0.15, 0.2) is 0 Å².